The molecule has 150 valence electrons. The van der Waals surface area contributed by atoms with Gasteiger partial charge in [0.1, 0.15) is 5.75 Å². The molecule has 0 unspecified atom stereocenters. The zero-order valence-corrected chi connectivity index (χ0v) is 16.1. The van der Waals surface area contributed by atoms with Crippen molar-refractivity contribution in [1.29, 1.82) is 0 Å². The van der Waals surface area contributed by atoms with Crippen LogP contribution in [0.15, 0.2) is 52.0 Å². The predicted octanol–water partition coefficient (Wildman–Crippen LogP) is 0.551. The number of rotatable bonds is 6. The third-order valence-electron chi connectivity index (χ3n) is 4.43. The Labute approximate surface area is 162 Å². The van der Waals surface area contributed by atoms with Crippen LogP contribution in [0.4, 0.5) is 0 Å². The minimum absolute atomic E-state index is 0.128. The smallest absolute Gasteiger partial charge is 0.287 e. The first-order valence-corrected chi connectivity index (χ1v) is 10.1. The first kappa shape index (κ1) is 19.9. The highest BCUT2D eigenvalue weighted by atomic mass is 32.2. The zero-order valence-electron chi connectivity index (χ0n) is 15.3. The summed E-state index contributed by atoms with van der Waals surface area (Å²) in [6, 6.07) is 9.26. The molecule has 28 heavy (non-hydrogen) atoms. The zero-order chi connectivity index (χ0) is 20.1. The Bertz CT molecular complexity index is 917. The molecule has 0 atom stereocenters. The molecule has 1 N–H and O–H groups in total. The Morgan fingerprint density at radius 3 is 2.36 bits per heavy atom. The molecule has 0 saturated carbocycles. The van der Waals surface area contributed by atoms with E-state index in [9.17, 15) is 18.0 Å². The summed E-state index contributed by atoms with van der Waals surface area (Å²) >= 11 is 0. The van der Waals surface area contributed by atoms with Gasteiger partial charge in [-0.1, -0.05) is 0 Å². The van der Waals surface area contributed by atoms with E-state index in [0.29, 0.717) is 5.75 Å². The van der Waals surface area contributed by atoms with Crippen LogP contribution in [0.25, 0.3) is 0 Å². The second-order valence-corrected chi connectivity index (χ2v) is 8.06. The molecule has 1 aliphatic heterocycles. The summed E-state index contributed by atoms with van der Waals surface area (Å²) in [5.74, 6) is -0.0466. The fourth-order valence-corrected chi connectivity index (χ4v) is 4.26. The number of methoxy groups -OCH3 is 1. The predicted molar refractivity (Wildman–Crippen MR) is 99.4 cm³/mol. The van der Waals surface area contributed by atoms with Gasteiger partial charge in [-0.2, -0.15) is 4.31 Å². The van der Waals surface area contributed by atoms with Crippen LogP contribution in [-0.4, -0.2) is 69.3 Å². The Morgan fingerprint density at radius 1 is 1.11 bits per heavy atom. The van der Waals surface area contributed by atoms with Crippen LogP contribution >= 0.6 is 0 Å². The number of amides is 2. The molecule has 1 aliphatic rings. The number of carbonyl (C=O) groups is 2. The van der Waals surface area contributed by atoms with Crippen LogP contribution in [-0.2, 0) is 14.8 Å². The maximum atomic E-state index is 12.7. The van der Waals surface area contributed by atoms with Gasteiger partial charge in [0.25, 0.3) is 5.91 Å². The molecule has 3 rings (SSSR count). The highest BCUT2D eigenvalue weighted by molar-refractivity contribution is 7.89. The van der Waals surface area contributed by atoms with Crippen molar-refractivity contribution in [1.82, 2.24) is 14.5 Å². The number of sulfonamides is 1. The molecular formula is C18H21N3O6S. The van der Waals surface area contributed by atoms with Gasteiger partial charge in [-0.15, -0.1) is 0 Å². The SMILES string of the molecule is COc1ccc(S(=O)(=O)N2CCN(C(=O)CNC(=O)c3ccco3)CC2)cc1. The maximum Gasteiger partial charge on any atom is 0.287 e. The quantitative estimate of drug-likeness (QED) is 0.749. The van der Waals surface area contributed by atoms with E-state index in [1.54, 1.807) is 18.2 Å². The van der Waals surface area contributed by atoms with E-state index in [-0.39, 0.29) is 49.3 Å². The Balaban J connectivity index is 1.53. The Kier molecular flexibility index (Phi) is 6.00. The van der Waals surface area contributed by atoms with E-state index in [0.717, 1.165) is 0 Å². The molecule has 2 amide bonds. The van der Waals surface area contributed by atoms with Gasteiger partial charge in [-0.05, 0) is 36.4 Å². The lowest BCUT2D eigenvalue weighted by Crippen LogP contribution is -2.52. The van der Waals surface area contributed by atoms with Crippen molar-refractivity contribution < 1.29 is 27.2 Å². The van der Waals surface area contributed by atoms with Gasteiger partial charge in [0.05, 0.1) is 24.8 Å². The van der Waals surface area contributed by atoms with Crippen LogP contribution in [0.2, 0.25) is 0 Å². The number of ether oxygens (including phenoxy) is 1. The normalized spacial score (nSPS) is 15.2. The standard InChI is InChI=1S/C18H21N3O6S/c1-26-14-4-6-15(7-5-14)28(24,25)21-10-8-20(9-11-21)17(22)13-19-18(23)16-3-2-12-27-16/h2-7,12H,8-11,13H2,1H3,(H,19,23). The highest BCUT2D eigenvalue weighted by Crippen LogP contribution is 2.20. The largest absolute Gasteiger partial charge is 0.497 e. The first-order valence-electron chi connectivity index (χ1n) is 8.65. The summed E-state index contributed by atoms with van der Waals surface area (Å²) in [6.45, 7) is 0.707. The molecule has 1 fully saturated rings. The molecule has 9 nitrogen and oxygen atoms in total. The van der Waals surface area contributed by atoms with Crippen molar-refractivity contribution >= 4 is 21.8 Å². The third-order valence-corrected chi connectivity index (χ3v) is 6.35. The molecule has 1 saturated heterocycles. The number of carbonyl (C=O) groups excluding carboxylic acids is 2. The highest BCUT2D eigenvalue weighted by Gasteiger charge is 2.30. The lowest BCUT2D eigenvalue weighted by molar-refractivity contribution is -0.131. The lowest BCUT2D eigenvalue weighted by atomic mass is 10.3. The van der Waals surface area contributed by atoms with Crippen LogP contribution < -0.4 is 10.1 Å². The average molecular weight is 407 g/mol. The van der Waals surface area contributed by atoms with E-state index in [4.69, 9.17) is 9.15 Å². The second kappa shape index (κ2) is 8.44. The van der Waals surface area contributed by atoms with E-state index < -0.39 is 15.9 Å². The van der Waals surface area contributed by atoms with Gasteiger partial charge in [0.2, 0.25) is 15.9 Å². The molecule has 2 heterocycles. The summed E-state index contributed by atoms with van der Waals surface area (Å²) < 4.78 is 36.8. The van der Waals surface area contributed by atoms with Crippen molar-refractivity contribution in [2.75, 3.05) is 39.8 Å². The molecule has 2 aromatic rings. The van der Waals surface area contributed by atoms with E-state index in [2.05, 4.69) is 5.32 Å². The van der Waals surface area contributed by atoms with Gasteiger partial charge in [0.15, 0.2) is 5.76 Å². The van der Waals surface area contributed by atoms with E-state index in [1.807, 2.05) is 0 Å². The van der Waals surface area contributed by atoms with Gasteiger partial charge >= 0.3 is 0 Å². The minimum atomic E-state index is -3.63. The Hall–Kier alpha value is -2.85. The molecule has 0 spiro atoms. The summed E-state index contributed by atoms with van der Waals surface area (Å²) in [5.41, 5.74) is 0. The monoisotopic (exact) mass is 407 g/mol. The van der Waals surface area contributed by atoms with Gasteiger partial charge in [-0.25, -0.2) is 8.42 Å². The lowest BCUT2D eigenvalue weighted by Gasteiger charge is -2.34. The molecule has 10 heteroatoms. The number of hydrogen-bond acceptors (Lipinski definition) is 6. The molecule has 0 bridgehead atoms. The number of nitrogens with zero attached hydrogens (tertiary/aromatic N) is 2. The second-order valence-electron chi connectivity index (χ2n) is 6.12. The van der Waals surface area contributed by atoms with Crippen LogP contribution in [0.1, 0.15) is 10.6 Å². The summed E-state index contributed by atoms with van der Waals surface area (Å²) in [5, 5.41) is 2.49. The molecule has 0 aliphatic carbocycles. The van der Waals surface area contributed by atoms with Gasteiger partial charge in [0, 0.05) is 26.2 Å². The fraction of sp³-hybridized carbons (Fsp3) is 0.333. The van der Waals surface area contributed by atoms with Crippen molar-refractivity contribution in [2.45, 2.75) is 4.90 Å². The molecular weight excluding hydrogens is 386 g/mol. The van der Waals surface area contributed by atoms with E-state index >= 15 is 0 Å². The van der Waals surface area contributed by atoms with Crippen molar-refractivity contribution in [3.63, 3.8) is 0 Å². The number of hydrogen-bond donors (Lipinski definition) is 1. The summed E-state index contributed by atoms with van der Waals surface area (Å²) in [6.07, 6.45) is 1.37. The van der Waals surface area contributed by atoms with Gasteiger partial charge in [-0.3, -0.25) is 9.59 Å². The molecule has 1 aromatic heterocycles. The van der Waals surface area contributed by atoms with Crippen LogP contribution in [0, 0.1) is 0 Å². The van der Waals surface area contributed by atoms with Crippen molar-refractivity contribution in [3.8, 4) is 5.75 Å². The first-order chi connectivity index (χ1) is 13.4. The minimum Gasteiger partial charge on any atom is -0.497 e. The van der Waals surface area contributed by atoms with Crippen molar-refractivity contribution in [3.05, 3.63) is 48.4 Å². The number of nitrogens with one attached hydrogen (secondary N) is 1. The number of furan rings is 1. The Morgan fingerprint density at radius 2 is 1.79 bits per heavy atom. The van der Waals surface area contributed by atoms with Crippen LogP contribution in [0.5, 0.6) is 5.75 Å². The number of benzene rings is 1. The maximum absolute atomic E-state index is 12.7. The molecule has 0 radical (unpaired) electrons. The fourth-order valence-electron chi connectivity index (χ4n) is 2.84. The summed E-state index contributed by atoms with van der Waals surface area (Å²) in [4.78, 5) is 25.8. The molecule has 1 aromatic carbocycles. The average Bonchev–Trinajstić information content (AvgIpc) is 3.27. The third kappa shape index (κ3) is 4.34. The topological polar surface area (TPSA) is 109 Å². The van der Waals surface area contributed by atoms with E-state index in [1.165, 1.54) is 40.8 Å². The number of piperazine rings is 1. The van der Waals surface area contributed by atoms with Gasteiger partial charge < -0.3 is 19.4 Å². The van der Waals surface area contributed by atoms with Crippen molar-refractivity contribution in [2.24, 2.45) is 0 Å². The van der Waals surface area contributed by atoms with Crippen LogP contribution in [0.3, 0.4) is 0 Å². The summed E-state index contributed by atoms with van der Waals surface area (Å²) in [7, 11) is -2.12.